The third-order valence-corrected chi connectivity index (χ3v) is 6.67. The van der Waals surface area contributed by atoms with Crippen molar-refractivity contribution in [3.8, 4) is 0 Å². The summed E-state index contributed by atoms with van der Waals surface area (Å²) in [5.74, 6) is 0.0459. The van der Waals surface area contributed by atoms with Crippen LogP contribution in [-0.2, 0) is 4.79 Å². The van der Waals surface area contributed by atoms with E-state index in [-0.39, 0.29) is 17.9 Å². The molecule has 0 unspecified atom stereocenters. The van der Waals surface area contributed by atoms with Crippen molar-refractivity contribution in [2.24, 2.45) is 0 Å². The molecule has 3 aromatic heterocycles. The number of anilines is 3. The summed E-state index contributed by atoms with van der Waals surface area (Å²) in [7, 11) is 0. The molecule has 1 saturated heterocycles. The Labute approximate surface area is 187 Å². The maximum Gasteiger partial charge on any atom is 0.332 e. The third-order valence-electron chi connectivity index (χ3n) is 5.57. The van der Waals surface area contributed by atoms with E-state index < -0.39 is 6.03 Å². The minimum Gasteiger partial charge on any atom is -0.347 e. The van der Waals surface area contributed by atoms with E-state index in [1.807, 2.05) is 0 Å². The number of hydrogen-bond acceptors (Lipinski definition) is 6. The fourth-order valence-corrected chi connectivity index (χ4v) is 5.16. The second-order valence-corrected chi connectivity index (χ2v) is 8.57. The van der Waals surface area contributed by atoms with E-state index in [1.165, 1.54) is 22.3 Å². The average molecular weight is 449 g/mol. The van der Waals surface area contributed by atoms with Gasteiger partial charge in [0.25, 0.3) is 5.91 Å². The van der Waals surface area contributed by atoms with Crippen LogP contribution in [0.5, 0.6) is 0 Å². The highest BCUT2D eigenvalue weighted by Gasteiger charge is 2.34. The monoisotopic (exact) mass is 448 g/mol. The molecule has 1 atom stereocenters. The Balaban J connectivity index is 1.47. The summed E-state index contributed by atoms with van der Waals surface area (Å²) in [5.41, 5.74) is 1.08. The maximum absolute atomic E-state index is 13.2. The quantitative estimate of drug-likeness (QED) is 0.596. The van der Waals surface area contributed by atoms with Gasteiger partial charge in [-0.2, -0.15) is 0 Å². The first kappa shape index (κ1) is 20.1. The van der Waals surface area contributed by atoms with Gasteiger partial charge in [-0.05, 0) is 37.1 Å². The average Bonchev–Trinajstić information content (AvgIpc) is 3.19. The largest absolute Gasteiger partial charge is 0.347 e. The number of carbonyl (C=O) groups excluding carboxylic acids is 3. The summed E-state index contributed by atoms with van der Waals surface area (Å²) in [5, 5.41) is 6.58. The van der Waals surface area contributed by atoms with Crippen LogP contribution in [0.3, 0.4) is 0 Å². The van der Waals surface area contributed by atoms with Crippen LogP contribution >= 0.6 is 11.3 Å². The lowest BCUT2D eigenvalue weighted by atomic mass is 10.1. The molecule has 5 heterocycles. The number of nitrogens with one attached hydrogen (secondary N) is 2. The molecule has 0 spiro atoms. The number of urea groups is 1. The topological polar surface area (TPSA) is 108 Å². The molecule has 32 heavy (non-hydrogen) atoms. The van der Waals surface area contributed by atoms with Crippen molar-refractivity contribution in [2.45, 2.75) is 18.9 Å². The molecular formula is C22H20N6O3S. The van der Waals surface area contributed by atoms with Crippen LogP contribution in [0.2, 0.25) is 0 Å². The molecule has 4 amide bonds. The van der Waals surface area contributed by atoms with E-state index in [0.717, 1.165) is 12.8 Å². The lowest BCUT2D eigenvalue weighted by Crippen LogP contribution is -2.49. The SMILES string of the molecule is C=CC(=O)N1CCC[C@@H](NC(=O)c2sc3nccc4c3c2NC(=O)N4c2ccccn2)C1. The first-order valence-corrected chi connectivity index (χ1v) is 11.0. The second kappa shape index (κ2) is 8.04. The Kier molecular flexibility index (Phi) is 5.06. The van der Waals surface area contributed by atoms with Gasteiger partial charge in [-0.25, -0.2) is 19.7 Å². The lowest BCUT2D eigenvalue weighted by Gasteiger charge is -2.32. The fraction of sp³-hybridized carbons (Fsp3) is 0.227. The molecule has 1 fully saturated rings. The predicted molar refractivity (Wildman–Crippen MR) is 122 cm³/mol. The summed E-state index contributed by atoms with van der Waals surface area (Å²) in [6.07, 6.45) is 6.10. The van der Waals surface area contributed by atoms with Gasteiger partial charge in [0.15, 0.2) is 0 Å². The van der Waals surface area contributed by atoms with Gasteiger partial charge in [0.1, 0.15) is 15.5 Å². The molecule has 2 N–H and O–H groups in total. The van der Waals surface area contributed by atoms with Crippen LogP contribution in [0.4, 0.5) is 22.0 Å². The summed E-state index contributed by atoms with van der Waals surface area (Å²) in [6.45, 7) is 4.62. The van der Waals surface area contributed by atoms with Crippen molar-refractivity contribution < 1.29 is 14.4 Å². The van der Waals surface area contributed by atoms with E-state index in [0.29, 0.717) is 45.4 Å². The molecule has 0 saturated carbocycles. The van der Waals surface area contributed by atoms with Gasteiger partial charge in [-0.1, -0.05) is 12.6 Å². The molecule has 0 bridgehead atoms. The summed E-state index contributed by atoms with van der Waals surface area (Å²) < 4.78 is 0. The Hall–Kier alpha value is -3.79. The first-order valence-electron chi connectivity index (χ1n) is 10.2. The number of likely N-dealkylation sites (tertiary alicyclic amines) is 1. The highest BCUT2D eigenvalue weighted by molar-refractivity contribution is 7.21. The summed E-state index contributed by atoms with van der Waals surface area (Å²) >= 11 is 1.23. The number of thiophene rings is 1. The Bertz CT molecular complexity index is 1240. The van der Waals surface area contributed by atoms with E-state index in [4.69, 9.17) is 0 Å². The molecule has 0 aromatic carbocycles. The smallest absolute Gasteiger partial charge is 0.332 e. The van der Waals surface area contributed by atoms with Crippen LogP contribution in [-0.4, -0.2) is 51.8 Å². The van der Waals surface area contributed by atoms with Crippen molar-refractivity contribution in [2.75, 3.05) is 23.3 Å². The van der Waals surface area contributed by atoms with Crippen molar-refractivity contribution in [3.63, 3.8) is 0 Å². The standard InChI is InChI=1S/C22H20N6O3S/c1-2-16(29)27-11-5-6-13(12-27)25-20(30)19-18-17-14(8-10-24-21(17)32-19)28(22(31)26-18)15-7-3-4-9-23-15/h2-4,7-10,13H,1,5-6,11-12H2,(H,25,30)(H,26,31)/t13-/m1/s1. The number of amides is 4. The minimum absolute atomic E-state index is 0.142. The third kappa shape index (κ3) is 3.38. The number of carbonyl (C=O) groups is 3. The van der Waals surface area contributed by atoms with Gasteiger partial charge in [0.2, 0.25) is 5.91 Å². The van der Waals surface area contributed by atoms with Crippen LogP contribution in [0, 0.1) is 0 Å². The molecule has 0 radical (unpaired) electrons. The molecule has 3 aromatic rings. The normalized spacial score (nSPS) is 17.8. The molecule has 2 aliphatic heterocycles. The Morgan fingerprint density at radius 3 is 2.91 bits per heavy atom. The second-order valence-electron chi connectivity index (χ2n) is 7.57. The zero-order valence-corrected chi connectivity index (χ0v) is 17.9. The van der Waals surface area contributed by atoms with Gasteiger partial charge in [-0.3, -0.25) is 9.59 Å². The van der Waals surface area contributed by atoms with Crippen LogP contribution in [0.1, 0.15) is 22.5 Å². The van der Waals surface area contributed by atoms with Gasteiger partial charge < -0.3 is 15.5 Å². The Morgan fingerprint density at radius 1 is 1.25 bits per heavy atom. The van der Waals surface area contributed by atoms with Gasteiger partial charge in [-0.15, -0.1) is 11.3 Å². The number of piperidine rings is 1. The number of nitrogens with zero attached hydrogens (tertiary/aromatic N) is 4. The number of hydrogen-bond donors (Lipinski definition) is 2. The van der Waals surface area contributed by atoms with Crippen molar-refractivity contribution >= 4 is 56.6 Å². The van der Waals surface area contributed by atoms with Crippen LogP contribution < -0.4 is 15.5 Å². The van der Waals surface area contributed by atoms with Gasteiger partial charge in [0, 0.05) is 31.5 Å². The molecule has 9 nitrogen and oxygen atoms in total. The highest BCUT2D eigenvalue weighted by atomic mass is 32.1. The van der Waals surface area contributed by atoms with Crippen molar-refractivity contribution in [1.29, 1.82) is 0 Å². The number of aromatic nitrogens is 2. The van der Waals surface area contributed by atoms with Crippen LogP contribution in [0.15, 0.2) is 49.3 Å². The molecular weight excluding hydrogens is 428 g/mol. The fourth-order valence-electron chi connectivity index (χ4n) is 4.13. The van der Waals surface area contributed by atoms with Crippen molar-refractivity contribution in [3.05, 3.63) is 54.2 Å². The number of pyridine rings is 2. The molecule has 5 rings (SSSR count). The molecule has 2 aliphatic rings. The zero-order chi connectivity index (χ0) is 22.2. The minimum atomic E-state index is -0.392. The number of rotatable bonds is 4. The molecule has 162 valence electrons. The zero-order valence-electron chi connectivity index (χ0n) is 17.1. The van der Waals surface area contributed by atoms with Gasteiger partial charge in [0.05, 0.1) is 16.8 Å². The van der Waals surface area contributed by atoms with E-state index in [2.05, 4.69) is 27.2 Å². The highest BCUT2D eigenvalue weighted by Crippen LogP contribution is 2.45. The van der Waals surface area contributed by atoms with E-state index in [1.54, 1.807) is 41.6 Å². The maximum atomic E-state index is 13.2. The summed E-state index contributed by atoms with van der Waals surface area (Å²) in [6, 6.07) is 6.51. The van der Waals surface area contributed by atoms with Crippen LogP contribution in [0.25, 0.3) is 10.2 Å². The molecule has 0 aliphatic carbocycles. The van der Waals surface area contributed by atoms with E-state index >= 15 is 0 Å². The summed E-state index contributed by atoms with van der Waals surface area (Å²) in [4.78, 5) is 51.0. The molecule has 10 heteroatoms. The Morgan fingerprint density at radius 2 is 2.12 bits per heavy atom. The van der Waals surface area contributed by atoms with Gasteiger partial charge >= 0.3 is 6.03 Å². The van der Waals surface area contributed by atoms with Crippen molar-refractivity contribution in [1.82, 2.24) is 20.2 Å². The lowest BCUT2D eigenvalue weighted by molar-refractivity contribution is -0.127. The van der Waals surface area contributed by atoms with E-state index in [9.17, 15) is 14.4 Å². The first-order chi connectivity index (χ1) is 15.6. The predicted octanol–water partition coefficient (Wildman–Crippen LogP) is 3.28.